The van der Waals surface area contributed by atoms with Gasteiger partial charge in [-0.3, -0.25) is 0 Å². The Balaban J connectivity index is 2.31. The second-order valence-corrected chi connectivity index (χ2v) is 4.98. The van der Waals surface area contributed by atoms with Crippen molar-refractivity contribution < 1.29 is 4.74 Å². The molecule has 2 nitrogen and oxygen atoms in total. The predicted octanol–water partition coefficient (Wildman–Crippen LogP) is 2.97. The molecule has 15 heavy (non-hydrogen) atoms. The van der Waals surface area contributed by atoms with Crippen molar-refractivity contribution in [2.24, 2.45) is 5.92 Å². The summed E-state index contributed by atoms with van der Waals surface area (Å²) in [7, 11) is 2.00. The Hall–Kier alpha value is -0.0800. The van der Waals surface area contributed by atoms with Crippen LogP contribution in [0, 0.1) is 5.92 Å². The summed E-state index contributed by atoms with van der Waals surface area (Å²) in [5.41, 5.74) is 0. The minimum absolute atomic E-state index is 0.329. The summed E-state index contributed by atoms with van der Waals surface area (Å²) >= 11 is 0. The molecule has 0 heterocycles. The van der Waals surface area contributed by atoms with Crippen molar-refractivity contribution in [2.45, 2.75) is 71.1 Å². The van der Waals surface area contributed by atoms with E-state index >= 15 is 0 Å². The molecule has 0 radical (unpaired) electrons. The van der Waals surface area contributed by atoms with Crippen molar-refractivity contribution >= 4 is 0 Å². The van der Waals surface area contributed by atoms with Crippen molar-refractivity contribution in [3.8, 4) is 0 Å². The van der Waals surface area contributed by atoms with E-state index in [2.05, 4.69) is 26.1 Å². The van der Waals surface area contributed by atoms with Crippen LogP contribution in [0.2, 0.25) is 0 Å². The maximum atomic E-state index is 6.11. The molecule has 1 fully saturated rings. The number of hydrogen-bond acceptors (Lipinski definition) is 2. The van der Waals surface area contributed by atoms with Gasteiger partial charge in [0.25, 0.3) is 0 Å². The molecule has 0 bridgehead atoms. The van der Waals surface area contributed by atoms with Gasteiger partial charge >= 0.3 is 0 Å². The molecule has 0 aliphatic heterocycles. The third-order valence-corrected chi connectivity index (χ3v) is 3.88. The summed E-state index contributed by atoms with van der Waals surface area (Å²) in [5, 5.41) is 3.25. The molecule has 0 amide bonds. The molecule has 4 unspecified atom stereocenters. The molecule has 1 rings (SSSR count). The summed E-state index contributed by atoms with van der Waals surface area (Å²) in [5.74, 6) is 0.904. The van der Waals surface area contributed by atoms with E-state index in [0.717, 1.165) is 5.92 Å². The highest BCUT2D eigenvalue weighted by Gasteiger charge is 2.24. The number of ether oxygens (including phenoxy) is 1. The molecule has 1 aliphatic carbocycles. The highest BCUT2D eigenvalue weighted by Crippen LogP contribution is 2.29. The van der Waals surface area contributed by atoms with Crippen LogP contribution in [-0.4, -0.2) is 25.3 Å². The van der Waals surface area contributed by atoms with Crippen LogP contribution in [0.3, 0.4) is 0 Å². The van der Waals surface area contributed by atoms with Crippen molar-refractivity contribution in [3.63, 3.8) is 0 Å². The maximum Gasteiger partial charge on any atom is 0.0700 e. The third-order valence-electron chi connectivity index (χ3n) is 3.88. The normalized spacial score (nSPS) is 31.2. The van der Waals surface area contributed by atoms with Crippen LogP contribution in [0.5, 0.6) is 0 Å². The number of likely N-dealkylation sites (N-methyl/N-ethyl adjacent to an activating group) is 1. The monoisotopic (exact) mass is 213 g/mol. The molecule has 4 atom stereocenters. The third kappa shape index (κ3) is 4.12. The molecule has 0 aromatic carbocycles. The van der Waals surface area contributed by atoms with E-state index in [1.54, 1.807) is 0 Å². The zero-order chi connectivity index (χ0) is 11.3. The Morgan fingerprint density at radius 2 is 2.07 bits per heavy atom. The summed E-state index contributed by atoms with van der Waals surface area (Å²) in [6, 6.07) is 0.451. The van der Waals surface area contributed by atoms with Gasteiger partial charge in [0.05, 0.1) is 12.2 Å². The summed E-state index contributed by atoms with van der Waals surface area (Å²) in [6.45, 7) is 6.66. The molecule has 0 aromatic heterocycles. The molecule has 0 spiro atoms. The van der Waals surface area contributed by atoms with Gasteiger partial charge in [-0.2, -0.15) is 0 Å². The van der Waals surface area contributed by atoms with E-state index in [0.29, 0.717) is 18.2 Å². The lowest BCUT2D eigenvalue weighted by atomic mass is 9.85. The first kappa shape index (κ1) is 13.0. The molecule has 1 N–H and O–H groups in total. The van der Waals surface area contributed by atoms with E-state index in [4.69, 9.17) is 4.74 Å². The summed E-state index contributed by atoms with van der Waals surface area (Å²) in [4.78, 5) is 0. The van der Waals surface area contributed by atoms with Crippen molar-refractivity contribution in [1.82, 2.24) is 5.32 Å². The van der Waals surface area contributed by atoms with E-state index in [1.165, 1.54) is 32.1 Å². The predicted molar refractivity (Wildman–Crippen MR) is 65.1 cm³/mol. The quantitative estimate of drug-likeness (QED) is 0.758. The topological polar surface area (TPSA) is 21.3 Å². The highest BCUT2D eigenvalue weighted by molar-refractivity contribution is 4.75. The first-order chi connectivity index (χ1) is 7.17. The van der Waals surface area contributed by atoms with Gasteiger partial charge in [-0.05, 0) is 39.7 Å². The van der Waals surface area contributed by atoms with Crippen LogP contribution < -0.4 is 5.32 Å². The van der Waals surface area contributed by atoms with E-state index in [1.807, 2.05) is 7.05 Å². The fraction of sp³-hybridized carbons (Fsp3) is 1.00. The molecule has 2 heteroatoms. The van der Waals surface area contributed by atoms with Crippen LogP contribution in [0.4, 0.5) is 0 Å². The molecule has 1 aliphatic rings. The van der Waals surface area contributed by atoms with E-state index in [9.17, 15) is 0 Å². The maximum absolute atomic E-state index is 6.11. The fourth-order valence-electron chi connectivity index (χ4n) is 2.39. The standard InChI is InChI=1S/C13H27NO/c1-5-12-7-6-8-13(9-12)15-11(3)10(2)14-4/h10-14H,5-9H2,1-4H3. The minimum Gasteiger partial charge on any atom is -0.374 e. The summed E-state index contributed by atoms with van der Waals surface area (Å²) in [6.07, 6.45) is 7.45. The van der Waals surface area contributed by atoms with Crippen molar-refractivity contribution in [2.75, 3.05) is 7.05 Å². The second kappa shape index (κ2) is 6.49. The van der Waals surface area contributed by atoms with Gasteiger partial charge in [-0.25, -0.2) is 0 Å². The Labute approximate surface area is 94.8 Å². The van der Waals surface area contributed by atoms with Crippen LogP contribution in [-0.2, 0) is 4.74 Å². The van der Waals surface area contributed by atoms with Gasteiger partial charge in [0.1, 0.15) is 0 Å². The average Bonchev–Trinajstić information content (AvgIpc) is 2.28. The second-order valence-electron chi connectivity index (χ2n) is 4.98. The van der Waals surface area contributed by atoms with Crippen LogP contribution >= 0.6 is 0 Å². The Morgan fingerprint density at radius 1 is 1.33 bits per heavy atom. The van der Waals surface area contributed by atoms with E-state index < -0.39 is 0 Å². The van der Waals surface area contributed by atoms with Crippen molar-refractivity contribution in [1.29, 1.82) is 0 Å². The van der Waals surface area contributed by atoms with Gasteiger partial charge in [0, 0.05) is 6.04 Å². The lowest BCUT2D eigenvalue weighted by molar-refractivity contribution is -0.0441. The van der Waals surface area contributed by atoms with Crippen LogP contribution in [0.25, 0.3) is 0 Å². The lowest BCUT2D eigenvalue weighted by Crippen LogP contribution is -2.38. The smallest absolute Gasteiger partial charge is 0.0700 e. The molecule has 1 saturated carbocycles. The lowest BCUT2D eigenvalue weighted by Gasteiger charge is -2.32. The number of hydrogen-bond donors (Lipinski definition) is 1. The largest absolute Gasteiger partial charge is 0.374 e. The first-order valence-corrected chi connectivity index (χ1v) is 6.50. The minimum atomic E-state index is 0.329. The average molecular weight is 213 g/mol. The zero-order valence-corrected chi connectivity index (χ0v) is 10.8. The van der Waals surface area contributed by atoms with E-state index in [-0.39, 0.29) is 0 Å². The van der Waals surface area contributed by atoms with Gasteiger partial charge < -0.3 is 10.1 Å². The highest BCUT2D eigenvalue weighted by atomic mass is 16.5. The van der Waals surface area contributed by atoms with Gasteiger partial charge in [-0.1, -0.05) is 26.2 Å². The molecular formula is C13H27NO. The molecule has 0 saturated heterocycles. The van der Waals surface area contributed by atoms with Crippen LogP contribution in [0.15, 0.2) is 0 Å². The first-order valence-electron chi connectivity index (χ1n) is 6.50. The zero-order valence-electron chi connectivity index (χ0n) is 10.8. The Bertz CT molecular complexity index is 172. The number of nitrogens with one attached hydrogen (secondary N) is 1. The summed E-state index contributed by atoms with van der Waals surface area (Å²) < 4.78 is 6.11. The van der Waals surface area contributed by atoms with Gasteiger partial charge in [-0.15, -0.1) is 0 Å². The fourth-order valence-corrected chi connectivity index (χ4v) is 2.39. The molecule has 90 valence electrons. The Morgan fingerprint density at radius 3 is 2.67 bits per heavy atom. The van der Waals surface area contributed by atoms with Crippen LogP contribution in [0.1, 0.15) is 52.9 Å². The van der Waals surface area contributed by atoms with Gasteiger partial charge in [0.2, 0.25) is 0 Å². The SMILES string of the molecule is CCC1CCCC(OC(C)C(C)NC)C1. The Kier molecular flexibility index (Phi) is 5.62. The van der Waals surface area contributed by atoms with Crippen molar-refractivity contribution in [3.05, 3.63) is 0 Å². The molecular weight excluding hydrogens is 186 g/mol. The molecule has 0 aromatic rings. The van der Waals surface area contributed by atoms with Gasteiger partial charge in [0.15, 0.2) is 0 Å². The number of rotatable bonds is 5.